The van der Waals surface area contributed by atoms with Crippen molar-refractivity contribution in [2.24, 2.45) is 11.3 Å². The summed E-state index contributed by atoms with van der Waals surface area (Å²) in [5, 5.41) is 19.5. The van der Waals surface area contributed by atoms with Crippen LogP contribution in [-0.2, 0) is 14.7 Å². The molecule has 0 saturated heterocycles. The van der Waals surface area contributed by atoms with Gasteiger partial charge in [0.15, 0.2) is 0 Å². The number of rotatable bonds is 3. The van der Waals surface area contributed by atoms with E-state index in [9.17, 15) is 14.7 Å². The molecule has 0 bridgehead atoms. The lowest BCUT2D eigenvalue weighted by molar-refractivity contribution is -0.159. The number of hydrogen-bond donors (Lipinski definition) is 1. The van der Waals surface area contributed by atoms with Crippen LogP contribution in [-0.4, -0.2) is 17.0 Å². The fourth-order valence-electron chi connectivity index (χ4n) is 2.12. The first-order chi connectivity index (χ1) is 7.47. The summed E-state index contributed by atoms with van der Waals surface area (Å²) in [7, 11) is 0. The zero-order valence-corrected chi connectivity index (χ0v) is 9.23. The van der Waals surface area contributed by atoms with E-state index in [1.807, 2.05) is 0 Å². The molecule has 0 aliphatic heterocycles. The van der Waals surface area contributed by atoms with Crippen LogP contribution in [0.5, 0.6) is 0 Å². The van der Waals surface area contributed by atoms with Crippen LogP contribution in [0.4, 0.5) is 0 Å². The second-order valence-corrected chi connectivity index (χ2v) is 4.37. The smallest absolute Gasteiger partial charge is 0.361 e. The van der Waals surface area contributed by atoms with Gasteiger partial charge in [-0.25, -0.2) is 14.7 Å². The van der Waals surface area contributed by atoms with Gasteiger partial charge >= 0.3 is 11.9 Å². The Balaban J connectivity index is 2.87. The lowest BCUT2D eigenvalue weighted by Crippen LogP contribution is -2.36. The maximum absolute atomic E-state index is 11.1. The summed E-state index contributed by atoms with van der Waals surface area (Å²) in [5.41, 5.74) is 1.63. The Hall–Kier alpha value is -1.54. The predicted molar refractivity (Wildman–Crippen MR) is 56.0 cm³/mol. The maximum Gasteiger partial charge on any atom is 0.361 e. The van der Waals surface area contributed by atoms with Gasteiger partial charge in [-0.1, -0.05) is 12.8 Å². The molecule has 0 amide bonds. The fourth-order valence-corrected chi connectivity index (χ4v) is 2.12. The van der Waals surface area contributed by atoms with Crippen molar-refractivity contribution in [3.05, 3.63) is 17.9 Å². The predicted octanol–water partition coefficient (Wildman–Crippen LogP) is 1.94. The molecule has 1 fully saturated rings. The number of carboxylic acid groups (broad SMARTS) is 1. The quantitative estimate of drug-likeness (QED) is 0.586. The van der Waals surface area contributed by atoms with E-state index in [0.717, 1.165) is 25.3 Å². The van der Waals surface area contributed by atoms with Gasteiger partial charge in [0, 0.05) is 5.92 Å². The van der Waals surface area contributed by atoms with Crippen molar-refractivity contribution in [2.75, 3.05) is 0 Å². The van der Waals surface area contributed by atoms with E-state index in [-0.39, 0.29) is 5.92 Å². The van der Waals surface area contributed by atoms with Crippen LogP contribution in [0.3, 0.4) is 0 Å². The van der Waals surface area contributed by atoms with Gasteiger partial charge in [-0.05, 0) is 25.8 Å². The number of carbonyl (C=O) groups is 2. The summed E-state index contributed by atoms with van der Waals surface area (Å²) in [5.74, 6) is -2.34. The first kappa shape index (κ1) is 12.5. The summed E-state index contributed by atoms with van der Waals surface area (Å²) in [6.07, 6.45) is 5.58. The standard InChI is InChI=1S/C12H15O4/c1-12(11(15)16)8-3-2-5-9(12)6-4-7-10(13)14/h6-7,9H,2-3,5,8H2,1H3,(H,13,14). The number of carbonyl (C=O) groups excluding carboxylic acids is 1. The molecule has 1 saturated carbocycles. The molecule has 1 radical (unpaired) electrons. The van der Waals surface area contributed by atoms with Crippen molar-refractivity contribution in [3.8, 4) is 0 Å². The molecule has 0 heterocycles. The molecule has 1 rings (SSSR count). The molecule has 1 N–H and O–H groups in total. The van der Waals surface area contributed by atoms with E-state index < -0.39 is 17.4 Å². The molecule has 16 heavy (non-hydrogen) atoms. The summed E-state index contributed by atoms with van der Waals surface area (Å²) in [6, 6.07) is 0. The van der Waals surface area contributed by atoms with Crippen LogP contribution in [0.2, 0.25) is 0 Å². The third-order valence-corrected chi connectivity index (χ3v) is 3.25. The van der Waals surface area contributed by atoms with Crippen molar-refractivity contribution >= 4 is 11.9 Å². The minimum absolute atomic E-state index is 0.193. The van der Waals surface area contributed by atoms with Crippen molar-refractivity contribution < 1.29 is 19.8 Å². The zero-order chi connectivity index (χ0) is 12.2. The Morgan fingerprint density at radius 3 is 2.69 bits per heavy atom. The third-order valence-electron chi connectivity index (χ3n) is 3.25. The van der Waals surface area contributed by atoms with Gasteiger partial charge in [0.2, 0.25) is 0 Å². The van der Waals surface area contributed by atoms with E-state index in [1.54, 1.807) is 13.0 Å². The molecule has 1 aliphatic carbocycles. The second-order valence-electron chi connectivity index (χ2n) is 4.37. The Morgan fingerprint density at radius 1 is 1.44 bits per heavy atom. The molecular weight excluding hydrogens is 208 g/mol. The largest absolute Gasteiger partial charge is 0.478 e. The third kappa shape index (κ3) is 2.74. The summed E-state index contributed by atoms with van der Waals surface area (Å²) < 4.78 is 0. The molecule has 2 atom stereocenters. The van der Waals surface area contributed by atoms with Crippen molar-refractivity contribution in [3.63, 3.8) is 0 Å². The molecule has 87 valence electrons. The van der Waals surface area contributed by atoms with E-state index in [0.29, 0.717) is 6.42 Å². The van der Waals surface area contributed by atoms with E-state index >= 15 is 0 Å². The molecule has 0 spiro atoms. The SMILES string of the molecule is CC1(C([O])=O)CCCCC1C=C=CC(=O)O. The Kier molecular flexibility index (Phi) is 3.91. The molecule has 4 heteroatoms. The average Bonchev–Trinajstić information content (AvgIpc) is 2.20. The number of carboxylic acids is 1. The molecular formula is C12H15O4. The summed E-state index contributed by atoms with van der Waals surface area (Å²) >= 11 is 0. The summed E-state index contributed by atoms with van der Waals surface area (Å²) in [4.78, 5) is 21.4. The van der Waals surface area contributed by atoms with Gasteiger partial charge in [0.05, 0.1) is 11.5 Å². The van der Waals surface area contributed by atoms with Gasteiger partial charge in [-0.3, -0.25) is 0 Å². The van der Waals surface area contributed by atoms with E-state index in [2.05, 4.69) is 5.73 Å². The molecule has 4 nitrogen and oxygen atoms in total. The molecule has 1 aliphatic rings. The normalized spacial score (nSPS) is 28.9. The minimum atomic E-state index is -1.08. The lowest BCUT2D eigenvalue weighted by Gasteiger charge is -2.34. The van der Waals surface area contributed by atoms with Crippen LogP contribution in [0.25, 0.3) is 0 Å². The summed E-state index contributed by atoms with van der Waals surface area (Å²) in [6.45, 7) is 1.66. The van der Waals surface area contributed by atoms with Crippen molar-refractivity contribution in [1.29, 1.82) is 0 Å². The fraction of sp³-hybridized carbons (Fsp3) is 0.583. The Morgan fingerprint density at radius 2 is 2.12 bits per heavy atom. The van der Waals surface area contributed by atoms with Crippen LogP contribution in [0, 0.1) is 11.3 Å². The second kappa shape index (κ2) is 4.99. The van der Waals surface area contributed by atoms with Crippen molar-refractivity contribution in [2.45, 2.75) is 32.6 Å². The van der Waals surface area contributed by atoms with Gasteiger partial charge in [-0.2, -0.15) is 0 Å². The highest BCUT2D eigenvalue weighted by atomic mass is 16.4. The number of aliphatic carboxylic acids is 1. The molecule has 0 aromatic carbocycles. The molecule has 2 unspecified atom stereocenters. The minimum Gasteiger partial charge on any atom is -0.478 e. The lowest BCUT2D eigenvalue weighted by atomic mass is 9.67. The van der Waals surface area contributed by atoms with Crippen LogP contribution < -0.4 is 0 Å². The van der Waals surface area contributed by atoms with Crippen LogP contribution in [0.1, 0.15) is 32.6 Å². The van der Waals surface area contributed by atoms with E-state index in [1.165, 1.54) is 0 Å². The topological polar surface area (TPSA) is 74.3 Å². The van der Waals surface area contributed by atoms with Crippen LogP contribution in [0.15, 0.2) is 17.9 Å². The van der Waals surface area contributed by atoms with Gasteiger partial charge in [0.1, 0.15) is 0 Å². The average molecular weight is 223 g/mol. The maximum atomic E-state index is 11.1. The highest BCUT2D eigenvalue weighted by molar-refractivity contribution is 5.79. The van der Waals surface area contributed by atoms with Gasteiger partial charge < -0.3 is 5.11 Å². The highest BCUT2D eigenvalue weighted by Gasteiger charge is 2.42. The Labute approximate surface area is 94.3 Å². The van der Waals surface area contributed by atoms with Gasteiger partial charge in [0.25, 0.3) is 0 Å². The monoisotopic (exact) mass is 223 g/mol. The van der Waals surface area contributed by atoms with E-state index in [4.69, 9.17) is 5.11 Å². The number of hydrogen-bond acceptors (Lipinski definition) is 2. The first-order valence-corrected chi connectivity index (χ1v) is 5.34. The first-order valence-electron chi connectivity index (χ1n) is 5.34. The Bertz CT molecular complexity index is 352. The van der Waals surface area contributed by atoms with Gasteiger partial charge in [-0.15, -0.1) is 5.73 Å². The van der Waals surface area contributed by atoms with Crippen LogP contribution >= 0.6 is 0 Å². The molecule has 0 aromatic rings. The highest BCUT2D eigenvalue weighted by Crippen LogP contribution is 2.41. The zero-order valence-electron chi connectivity index (χ0n) is 9.23. The molecule has 0 aromatic heterocycles. The van der Waals surface area contributed by atoms with Crippen molar-refractivity contribution in [1.82, 2.24) is 0 Å².